The first-order chi connectivity index (χ1) is 5.52. The molecule has 0 saturated carbocycles. The maximum absolute atomic E-state index is 13.2. The second kappa shape index (κ2) is 3.19. The van der Waals surface area contributed by atoms with Crippen LogP contribution in [0.15, 0.2) is 24.5 Å². The van der Waals surface area contributed by atoms with Crippen LogP contribution < -0.4 is 0 Å². The average molecular weight is 169 g/mol. The maximum Gasteiger partial charge on any atom is 0.135 e. The van der Waals surface area contributed by atoms with Crippen molar-refractivity contribution in [2.45, 2.75) is 25.6 Å². The minimum absolute atomic E-state index is 0.505. The molecule has 12 heavy (non-hydrogen) atoms. The molecule has 0 aliphatic carbocycles. The predicted octanol–water partition coefficient (Wildman–Crippen LogP) is 1.86. The molecule has 1 aromatic heterocycles. The van der Waals surface area contributed by atoms with E-state index in [4.69, 9.17) is 0 Å². The van der Waals surface area contributed by atoms with Gasteiger partial charge in [-0.2, -0.15) is 0 Å². The number of nitrogens with zero attached hydrogens (tertiary/aromatic N) is 1. The molecule has 0 aliphatic heterocycles. The van der Waals surface area contributed by atoms with Crippen LogP contribution in [0.1, 0.15) is 25.5 Å². The van der Waals surface area contributed by atoms with Gasteiger partial charge in [-0.05, 0) is 19.9 Å². The fourth-order valence-electron chi connectivity index (χ4n) is 0.934. The molecule has 0 bridgehead atoms. The SMILES string of the molecule is CC(C)(F)C(O)c1cccnc1. The standard InChI is InChI=1S/C9H12FNO/c1-9(2,10)8(12)7-4-3-5-11-6-7/h3-6,8,12H,1-2H3. The van der Waals surface area contributed by atoms with Crippen molar-refractivity contribution >= 4 is 0 Å². The summed E-state index contributed by atoms with van der Waals surface area (Å²) in [6.07, 6.45) is 1.94. The smallest absolute Gasteiger partial charge is 0.135 e. The highest BCUT2D eigenvalue weighted by molar-refractivity contribution is 5.14. The molecule has 0 spiro atoms. The van der Waals surface area contributed by atoms with Gasteiger partial charge in [0.05, 0.1) is 0 Å². The van der Waals surface area contributed by atoms with E-state index in [-0.39, 0.29) is 0 Å². The third-order valence-electron chi connectivity index (χ3n) is 1.65. The molecule has 1 N–H and O–H groups in total. The number of alkyl halides is 1. The van der Waals surface area contributed by atoms with E-state index in [1.54, 1.807) is 18.3 Å². The highest BCUT2D eigenvalue weighted by Gasteiger charge is 2.28. The number of aromatic nitrogens is 1. The number of hydrogen-bond acceptors (Lipinski definition) is 2. The Labute approximate surface area is 71.1 Å². The Hall–Kier alpha value is -0.960. The zero-order valence-corrected chi connectivity index (χ0v) is 7.16. The summed E-state index contributed by atoms with van der Waals surface area (Å²) in [4.78, 5) is 3.79. The van der Waals surface area contributed by atoms with Crippen molar-refractivity contribution in [2.24, 2.45) is 0 Å². The predicted molar refractivity (Wildman–Crippen MR) is 44.4 cm³/mol. The molecular weight excluding hydrogens is 157 g/mol. The fraction of sp³-hybridized carbons (Fsp3) is 0.444. The normalized spacial score (nSPS) is 14.3. The summed E-state index contributed by atoms with van der Waals surface area (Å²) in [5.41, 5.74) is -1.12. The van der Waals surface area contributed by atoms with Crippen molar-refractivity contribution in [3.05, 3.63) is 30.1 Å². The molecule has 0 radical (unpaired) electrons. The van der Waals surface area contributed by atoms with Crippen molar-refractivity contribution in [3.63, 3.8) is 0 Å². The Morgan fingerprint density at radius 1 is 1.58 bits per heavy atom. The van der Waals surface area contributed by atoms with Gasteiger partial charge in [0.25, 0.3) is 0 Å². The molecule has 0 aliphatic rings. The van der Waals surface area contributed by atoms with Gasteiger partial charge in [-0.1, -0.05) is 6.07 Å². The van der Waals surface area contributed by atoms with Crippen LogP contribution in [0, 0.1) is 0 Å². The van der Waals surface area contributed by atoms with E-state index < -0.39 is 11.8 Å². The molecule has 0 amide bonds. The van der Waals surface area contributed by atoms with Gasteiger partial charge >= 0.3 is 0 Å². The molecule has 66 valence electrons. The molecule has 1 heterocycles. The Balaban J connectivity index is 2.86. The van der Waals surface area contributed by atoms with E-state index in [0.717, 1.165) is 0 Å². The quantitative estimate of drug-likeness (QED) is 0.733. The third kappa shape index (κ3) is 2.01. The first-order valence-corrected chi connectivity index (χ1v) is 3.78. The van der Waals surface area contributed by atoms with E-state index in [0.29, 0.717) is 5.56 Å². The largest absolute Gasteiger partial charge is 0.385 e. The van der Waals surface area contributed by atoms with Gasteiger partial charge in [-0.15, -0.1) is 0 Å². The Morgan fingerprint density at radius 2 is 2.25 bits per heavy atom. The van der Waals surface area contributed by atoms with Gasteiger partial charge in [0.15, 0.2) is 0 Å². The molecule has 0 saturated heterocycles. The van der Waals surface area contributed by atoms with E-state index in [9.17, 15) is 9.50 Å². The van der Waals surface area contributed by atoms with Crippen LogP contribution in [-0.4, -0.2) is 15.8 Å². The summed E-state index contributed by atoms with van der Waals surface area (Å²) < 4.78 is 13.2. The average Bonchev–Trinajstić information content (AvgIpc) is 2.03. The Morgan fingerprint density at radius 3 is 2.67 bits per heavy atom. The van der Waals surface area contributed by atoms with E-state index >= 15 is 0 Å². The highest BCUT2D eigenvalue weighted by atomic mass is 19.1. The fourth-order valence-corrected chi connectivity index (χ4v) is 0.934. The lowest BCUT2D eigenvalue weighted by atomic mass is 9.98. The van der Waals surface area contributed by atoms with Crippen LogP contribution in [0.5, 0.6) is 0 Å². The molecule has 1 rings (SSSR count). The van der Waals surface area contributed by atoms with Crippen LogP contribution in [-0.2, 0) is 0 Å². The molecule has 1 unspecified atom stereocenters. The van der Waals surface area contributed by atoms with E-state index in [1.807, 2.05) is 0 Å². The molecule has 2 nitrogen and oxygen atoms in total. The van der Waals surface area contributed by atoms with Gasteiger partial charge in [0.2, 0.25) is 0 Å². The van der Waals surface area contributed by atoms with Crippen LogP contribution >= 0.6 is 0 Å². The maximum atomic E-state index is 13.2. The Kier molecular flexibility index (Phi) is 2.43. The molecule has 1 aromatic rings. The van der Waals surface area contributed by atoms with Crippen LogP contribution in [0.4, 0.5) is 4.39 Å². The Bertz CT molecular complexity index is 242. The molecule has 0 aromatic carbocycles. The number of hydrogen-bond donors (Lipinski definition) is 1. The van der Waals surface area contributed by atoms with Gasteiger partial charge < -0.3 is 5.11 Å². The summed E-state index contributed by atoms with van der Waals surface area (Å²) >= 11 is 0. The van der Waals surface area contributed by atoms with Gasteiger partial charge in [-0.25, -0.2) is 4.39 Å². The molecular formula is C9H12FNO. The summed E-state index contributed by atoms with van der Waals surface area (Å²) in [5, 5.41) is 9.44. The van der Waals surface area contributed by atoms with Crippen molar-refractivity contribution in [2.75, 3.05) is 0 Å². The topological polar surface area (TPSA) is 33.1 Å². The summed E-state index contributed by atoms with van der Waals surface area (Å²) in [5.74, 6) is 0. The molecule has 1 atom stereocenters. The third-order valence-corrected chi connectivity index (χ3v) is 1.65. The minimum atomic E-state index is -1.62. The van der Waals surface area contributed by atoms with Crippen LogP contribution in [0.3, 0.4) is 0 Å². The van der Waals surface area contributed by atoms with Gasteiger partial charge in [-0.3, -0.25) is 4.98 Å². The van der Waals surface area contributed by atoms with Gasteiger partial charge in [0.1, 0.15) is 11.8 Å². The first kappa shape index (κ1) is 9.13. The summed E-state index contributed by atoms with van der Waals surface area (Å²) in [6, 6.07) is 3.32. The van der Waals surface area contributed by atoms with Crippen molar-refractivity contribution in [3.8, 4) is 0 Å². The van der Waals surface area contributed by atoms with Gasteiger partial charge in [0, 0.05) is 18.0 Å². The van der Waals surface area contributed by atoms with E-state index in [2.05, 4.69) is 4.98 Å². The van der Waals surface area contributed by atoms with E-state index in [1.165, 1.54) is 20.0 Å². The lowest BCUT2D eigenvalue weighted by Gasteiger charge is -2.21. The monoisotopic (exact) mass is 169 g/mol. The zero-order chi connectivity index (χ0) is 9.19. The number of aliphatic hydroxyl groups is 1. The second-order valence-corrected chi connectivity index (χ2v) is 3.25. The lowest BCUT2D eigenvalue weighted by molar-refractivity contribution is 0.0159. The number of pyridine rings is 1. The molecule has 3 heteroatoms. The van der Waals surface area contributed by atoms with Crippen LogP contribution in [0.25, 0.3) is 0 Å². The second-order valence-electron chi connectivity index (χ2n) is 3.25. The zero-order valence-electron chi connectivity index (χ0n) is 7.16. The number of rotatable bonds is 2. The van der Waals surface area contributed by atoms with Crippen molar-refractivity contribution in [1.82, 2.24) is 4.98 Å². The van der Waals surface area contributed by atoms with Crippen LogP contribution in [0.2, 0.25) is 0 Å². The highest BCUT2D eigenvalue weighted by Crippen LogP contribution is 2.27. The molecule has 0 fully saturated rings. The van der Waals surface area contributed by atoms with Crippen molar-refractivity contribution in [1.29, 1.82) is 0 Å². The minimum Gasteiger partial charge on any atom is -0.385 e. The summed E-state index contributed by atoms with van der Waals surface area (Å²) in [7, 11) is 0. The number of aliphatic hydroxyl groups excluding tert-OH is 1. The first-order valence-electron chi connectivity index (χ1n) is 3.78. The lowest BCUT2D eigenvalue weighted by Crippen LogP contribution is -2.23. The summed E-state index contributed by atoms with van der Waals surface area (Å²) in [6.45, 7) is 2.68. The number of halogens is 1. The van der Waals surface area contributed by atoms with Crippen molar-refractivity contribution < 1.29 is 9.50 Å².